The summed E-state index contributed by atoms with van der Waals surface area (Å²) < 4.78 is 4.99. The molecule has 0 aliphatic heterocycles. The molecule has 0 radical (unpaired) electrons. The van der Waals surface area contributed by atoms with Crippen LogP contribution in [-0.2, 0) is 4.74 Å². The highest BCUT2D eigenvalue weighted by atomic mass is 32.2. The Balaban J connectivity index is 3.64. The van der Waals surface area contributed by atoms with E-state index >= 15 is 0 Å². The van der Waals surface area contributed by atoms with Crippen molar-refractivity contribution in [3.8, 4) is 0 Å². The molecule has 2 unspecified atom stereocenters. The Labute approximate surface area is 86.0 Å². The summed E-state index contributed by atoms with van der Waals surface area (Å²) in [4.78, 5) is 2.28. The van der Waals surface area contributed by atoms with E-state index in [9.17, 15) is 0 Å². The minimum absolute atomic E-state index is 0.124. The van der Waals surface area contributed by atoms with Gasteiger partial charge in [0.15, 0.2) is 0 Å². The minimum atomic E-state index is 0.124. The molecule has 0 spiro atoms. The third-order valence-corrected chi connectivity index (χ3v) is 2.88. The van der Waals surface area contributed by atoms with Crippen molar-refractivity contribution < 1.29 is 4.74 Å². The van der Waals surface area contributed by atoms with Crippen molar-refractivity contribution >= 4 is 11.8 Å². The number of thioether (sulfide) groups is 1. The average Bonchev–Trinajstić information content (AvgIpc) is 2.05. The molecule has 0 aromatic carbocycles. The molecule has 0 bridgehead atoms. The molecule has 2 N–H and O–H groups in total. The van der Waals surface area contributed by atoms with E-state index in [1.54, 1.807) is 7.11 Å². The molecule has 3 nitrogen and oxygen atoms in total. The molecule has 80 valence electrons. The van der Waals surface area contributed by atoms with Crippen LogP contribution < -0.4 is 5.73 Å². The lowest BCUT2D eigenvalue weighted by Gasteiger charge is -2.26. The van der Waals surface area contributed by atoms with E-state index in [1.165, 1.54) is 0 Å². The van der Waals surface area contributed by atoms with E-state index in [2.05, 4.69) is 25.1 Å². The van der Waals surface area contributed by atoms with Gasteiger partial charge >= 0.3 is 0 Å². The fraction of sp³-hybridized carbons (Fsp3) is 1.00. The summed E-state index contributed by atoms with van der Waals surface area (Å²) in [5, 5.41) is 0. The van der Waals surface area contributed by atoms with Crippen LogP contribution in [0.2, 0.25) is 0 Å². The van der Waals surface area contributed by atoms with E-state index in [0.29, 0.717) is 12.6 Å². The minimum Gasteiger partial charge on any atom is -0.383 e. The lowest BCUT2D eigenvalue weighted by molar-refractivity contribution is 0.153. The number of hydrogen-bond donors (Lipinski definition) is 1. The molecule has 0 aliphatic carbocycles. The van der Waals surface area contributed by atoms with E-state index < -0.39 is 0 Å². The van der Waals surface area contributed by atoms with E-state index in [-0.39, 0.29) is 6.04 Å². The molecular weight excluding hydrogens is 184 g/mol. The number of nitrogens with two attached hydrogens (primary N) is 1. The molecule has 0 fully saturated rings. The molecule has 0 amide bonds. The number of hydrogen-bond acceptors (Lipinski definition) is 4. The van der Waals surface area contributed by atoms with Crippen LogP contribution in [0.1, 0.15) is 6.92 Å². The highest BCUT2D eigenvalue weighted by Gasteiger charge is 2.11. The van der Waals surface area contributed by atoms with Crippen LogP contribution in [0, 0.1) is 0 Å². The van der Waals surface area contributed by atoms with Gasteiger partial charge in [-0.1, -0.05) is 0 Å². The summed E-state index contributed by atoms with van der Waals surface area (Å²) in [5.74, 6) is 1.15. The first-order valence-electron chi connectivity index (χ1n) is 4.55. The van der Waals surface area contributed by atoms with Gasteiger partial charge in [0, 0.05) is 31.5 Å². The standard InChI is InChI=1S/C9H22N2OS/c1-8(7-13-4)11(2)5-9(10)6-12-3/h8-9H,5-7,10H2,1-4H3. The highest BCUT2D eigenvalue weighted by molar-refractivity contribution is 7.98. The van der Waals surface area contributed by atoms with Crippen LogP contribution in [0.15, 0.2) is 0 Å². The monoisotopic (exact) mass is 206 g/mol. The maximum atomic E-state index is 5.85. The fourth-order valence-electron chi connectivity index (χ4n) is 1.19. The van der Waals surface area contributed by atoms with Gasteiger partial charge in [0.25, 0.3) is 0 Å². The van der Waals surface area contributed by atoms with Gasteiger partial charge in [0.1, 0.15) is 0 Å². The van der Waals surface area contributed by atoms with Crippen molar-refractivity contribution in [2.75, 3.05) is 39.3 Å². The quantitative estimate of drug-likeness (QED) is 0.663. The number of nitrogens with zero attached hydrogens (tertiary/aromatic N) is 1. The van der Waals surface area contributed by atoms with Crippen molar-refractivity contribution in [1.82, 2.24) is 4.90 Å². The zero-order chi connectivity index (χ0) is 10.3. The molecule has 4 heteroatoms. The van der Waals surface area contributed by atoms with Gasteiger partial charge in [-0.05, 0) is 20.2 Å². The predicted molar refractivity (Wildman–Crippen MR) is 60.3 cm³/mol. The van der Waals surface area contributed by atoms with E-state index in [4.69, 9.17) is 10.5 Å². The third kappa shape index (κ3) is 6.32. The molecule has 13 heavy (non-hydrogen) atoms. The second kappa shape index (κ2) is 7.62. The maximum absolute atomic E-state index is 5.85. The van der Waals surface area contributed by atoms with Crippen molar-refractivity contribution in [2.24, 2.45) is 5.73 Å². The lowest BCUT2D eigenvalue weighted by atomic mass is 10.2. The molecule has 2 atom stereocenters. The molecule has 0 heterocycles. The first kappa shape index (κ1) is 13.2. The van der Waals surface area contributed by atoms with Crippen LogP contribution >= 0.6 is 11.8 Å². The Morgan fingerprint density at radius 3 is 2.62 bits per heavy atom. The summed E-state index contributed by atoms with van der Waals surface area (Å²) in [6, 6.07) is 0.706. The number of ether oxygens (including phenoxy) is 1. The Morgan fingerprint density at radius 1 is 1.54 bits per heavy atom. The van der Waals surface area contributed by atoms with Gasteiger partial charge in [-0.15, -0.1) is 0 Å². The van der Waals surface area contributed by atoms with Crippen LogP contribution in [0.25, 0.3) is 0 Å². The summed E-state index contributed by atoms with van der Waals surface area (Å²) in [6.45, 7) is 3.75. The van der Waals surface area contributed by atoms with Gasteiger partial charge < -0.3 is 15.4 Å². The number of likely N-dealkylation sites (N-methyl/N-ethyl adjacent to an activating group) is 1. The molecule has 0 aromatic heterocycles. The Morgan fingerprint density at radius 2 is 2.15 bits per heavy atom. The lowest BCUT2D eigenvalue weighted by Crippen LogP contribution is -2.42. The summed E-state index contributed by atoms with van der Waals surface area (Å²) in [6.07, 6.45) is 2.12. The van der Waals surface area contributed by atoms with Gasteiger partial charge in [0.05, 0.1) is 6.61 Å². The zero-order valence-electron chi connectivity index (χ0n) is 9.12. The summed E-state index contributed by atoms with van der Waals surface area (Å²) >= 11 is 1.86. The van der Waals surface area contributed by atoms with Crippen molar-refractivity contribution in [3.05, 3.63) is 0 Å². The second-order valence-corrected chi connectivity index (χ2v) is 4.37. The number of rotatable bonds is 7. The van der Waals surface area contributed by atoms with E-state index in [1.807, 2.05) is 11.8 Å². The van der Waals surface area contributed by atoms with Crippen LogP contribution in [-0.4, -0.2) is 56.3 Å². The van der Waals surface area contributed by atoms with Crippen LogP contribution in [0.4, 0.5) is 0 Å². The smallest absolute Gasteiger partial charge is 0.0626 e. The molecule has 0 aromatic rings. The van der Waals surface area contributed by atoms with Gasteiger partial charge in [0.2, 0.25) is 0 Å². The Bertz CT molecular complexity index is 124. The van der Waals surface area contributed by atoms with Crippen LogP contribution in [0.3, 0.4) is 0 Å². The Hall–Kier alpha value is 0.230. The topological polar surface area (TPSA) is 38.5 Å². The summed E-state index contributed by atoms with van der Waals surface area (Å²) in [5.41, 5.74) is 5.85. The van der Waals surface area contributed by atoms with Crippen molar-refractivity contribution in [3.63, 3.8) is 0 Å². The fourth-order valence-corrected chi connectivity index (χ4v) is 1.92. The largest absolute Gasteiger partial charge is 0.383 e. The normalized spacial score (nSPS) is 16.2. The zero-order valence-corrected chi connectivity index (χ0v) is 9.93. The van der Waals surface area contributed by atoms with Crippen molar-refractivity contribution in [1.29, 1.82) is 0 Å². The summed E-state index contributed by atoms with van der Waals surface area (Å²) in [7, 11) is 3.79. The Kier molecular flexibility index (Phi) is 7.75. The van der Waals surface area contributed by atoms with E-state index in [0.717, 1.165) is 12.3 Å². The SMILES string of the molecule is COCC(N)CN(C)C(C)CSC. The van der Waals surface area contributed by atoms with Crippen LogP contribution in [0.5, 0.6) is 0 Å². The first-order chi connectivity index (χ1) is 6.11. The second-order valence-electron chi connectivity index (χ2n) is 3.46. The highest BCUT2D eigenvalue weighted by Crippen LogP contribution is 2.03. The molecule has 0 saturated carbocycles. The van der Waals surface area contributed by atoms with Gasteiger partial charge in [-0.25, -0.2) is 0 Å². The average molecular weight is 206 g/mol. The number of methoxy groups -OCH3 is 1. The molecule has 0 rings (SSSR count). The predicted octanol–water partition coefficient (Wildman–Crippen LogP) is 0.643. The van der Waals surface area contributed by atoms with Gasteiger partial charge in [-0.2, -0.15) is 11.8 Å². The molecule has 0 aliphatic rings. The van der Waals surface area contributed by atoms with Gasteiger partial charge in [-0.3, -0.25) is 0 Å². The first-order valence-corrected chi connectivity index (χ1v) is 5.94. The molecular formula is C9H22N2OS. The maximum Gasteiger partial charge on any atom is 0.0626 e. The third-order valence-electron chi connectivity index (χ3n) is 2.06. The molecule has 0 saturated heterocycles. The van der Waals surface area contributed by atoms with Crippen molar-refractivity contribution in [2.45, 2.75) is 19.0 Å².